The average Bonchev–Trinajstić information content (AvgIpc) is 3.40. The second kappa shape index (κ2) is 7.15. The summed E-state index contributed by atoms with van der Waals surface area (Å²) in [5.74, 6) is 1.28. The number of hydrogen-bond acceptors (Lipinski definition) is 6. The van der Waals surface area contributed by atoms with Crippen molar-refractivity contribution in [2.24, 2.45) is 18.9 Å². The Bertz CT molecular complexity index is 1630. The largest absolute Gasteiger partial charge is 0.422 e. The van der Waals surface area contributed by atoms with E-state index in [1.807, 2.05) is 13.0 Å². The molecule has 8 nitrogen and oxygen atoms in total. The second-order valence-corrected chi connectivity index (χ2v) is 9.96. The number of benzene rings is 2. The molecule has 3 atom stereocenters. The molecule has 4 aromatic rings. The average molecular weight is 509 g/mol. The molecule has 2 aromatic heterocycles. The molecule has 3 unspecified atom stereocenters. The van der Waals surface area contributed by atoms with Crippen molar-refractivity contribution in [2.75, 3.05) is 18.0 Å². The fourth-order valence-electron chi connectivity index (χ4n) is 5.16. The van der Waals surface area contributed by atoms with E-state index in [2.05, 4.69) is 20.8 Å². The fourth-order valence-corrected chi connectivity index (χ4v) is 5.64. The number of para-hydroxylation sites is 1. The van der Waals surface area contributed by atoms with Crippen molar-refractivity contribution in [3.8, 4) is 0 Å². The minimum absolute atomic E-state index is 0.137. The number of aromatic nitrogens is 3. The molecule has 1 saturated carbocycles. The maximum Gasteiger partial charge on any atom is 0.422 e. The molecule has 2 aromatic carbocycles. The van der Waals surface area contributed by atoms with Crippen LogP contribution >= 0.6 is 15.9 Å². The van der Waals surface area contributed by atoms with Crippen molar-refractivity contribution < 1.29 is 4.42 Å². The van der Waals surface area contributed by atoms with Gasteiger partial charge in [-0.1, -0.05) is 28.1 Å². The Morgan fingerprint density at radius 2 is 1.82 bits per heavy atom. The number of nitrogens with zero attached hydrogens (tertiary/aromatic N) is 4. The molecule has 0 N–H and O–H groups in total. The van der Waals surface area contributed by atoms with E-state index in [0.29, 0.717) is 49.6 Å². The Morgan fingerprint density at radius 1 is 1.09 bits per heavy atom. The van der Waals surface area contributed by atoms with Crippen molar-refractivity contribution >= 4 is 43.7 Å². The molecule has 33 heavy (non-hydrogen) atoms. The zero-order chi connectivity index (χ0) is 23.0. The first-order valence-electron chi connectivity index (χ1n) is 10.9. The predicted molar refractivity (Wildman–Crippen MR) is 129 cm³/mol. The van der Waals surface area contributed by atoms with Crippen molar-refractivity contribution in [3.05, 3.63) is 77.8 Å². The van der Waals surface area contributed by atoms with Crippen LogP contribution in [0.15, 0.2) is 59.7 Å². The van der Waals surface area contributed by atoms with Crippen LogP contribution in [0.2, 0.25) is 0 Å². The lowest BCUT2D eigenvalue weighted by atomic mass is 10.0. The number of anilines is 1. The van der Waals surface area contributed by atoms with Gasteiger partial charge in [-0.05, 0) is 49.4 Å². The minimum atomic E-state index is -0.747. The third-order valence-corrected chi connectivity index (χ3v) is 7.47. The molecule has 168 valence electrons. The Hall–Kier alpha value is -3.20. The van der Waals surface area contributed by atoms with E-state index in [4.69, 9.17) is 9.40 Å². The number of piperidine rings is 1. The Labute approximate surface area is 196 Å². The normalized spacial score (nSPS) is 20.4. The van der Waals surface area contributed by atoms with E-state index < -0.39 is 17.4 Å². The summed E-state index contributed by atoms with van der Waals surface area (Å²) in [4.78, 5) is 45.5. The quantitative estimate of drug-likeness (QED) is 0.422. The third kappa shape index (κ3) is 3.09. The summed E-state index contributed by atoms with van der Waals surface area (Å²) in [5.41, 5.74) is 0.917. The number of fused-ring (bicyclic) bond motifs is 3. The summed E-state index contributed by atoms with van der Waals surface area (Å²) in [6.07, 6.45) is 1.25. The van der Waals surface area contributed by atoms with Crippen LogP contribution in [-0.4, -0.2) is 27.2 Å². The highest BCUT2D eigenvalue weighted by Crippen LogP contribution is 2.46. The summed E-state index contributed by atoms with van der Waals surface area (Å²) in [5, 5.41) is 0.792. The Morgan fingerprint density at radius 3 is 2.58 bits per heavy atom. The van der Waals surface area contributed by atoms with Crippen LogP contribution < -0.4 is 21.8 Å². The maximum absolute atomic E-state index is 13.3. The van der Waals surface area contributed by atoms with Gasteiger partial charge in [0.15, 0.2) is 0 Å². The van der Waals surface area contributed by atoms with Crippen LogP contribution in [0.1, 0.15) is 24.9 Å². The maximum atomic E-state index is 13.3. The highest BCUT2D eigenvalue weighted by atomic mass is 79.9. The highest BCUT2D eigenvalue weighted by Gasteiger charge is 2.46. The first-order valence-corrected chi connectivity index (χ1v) is 11.7. The van der Waals surface area contributed by atoms with Gasteiger partial charge in [-0.25, -0.2) is 14.6 Å². The van der Waals surface area contributed by atoms with Crippen LogP contribution in [0.25, 0.3) is 21.8 Å². The van der Waals surface area contributed by atoms with Gasteiger partial charge in [-0.3, -0.25) is 13.9 Å². The van der Waals surface area contributed by atoms with Crippen LogP contribution in [0, 0.1) is 11.8 Å². The molecule has 0 spiro atoms. The lowest BCUT2D eigenvalue weighted by Crippen LogP contribution is -2.32. The molecule has 9 heteroatoms. The fraction of sp³-hybridized carbons (Fsp3) is 0.333. The molecule has 6 rings (SSSR count). The number of hydrogen-bond donors (Lipinski definition) is 0. The van der Waals surface area contributed by atoms with Gasteiger partial charge >= 0.3 is 11.4 Å². The minimum Gasteiger partial charge on any atom is -0.372 e. The van der Waals surface area contributed by atoms with E-state index >= 15 is 0 Å². The molecule has 1 saturated heterocycles. The molecule has 2 aliphatic rings. The molecule has 3 heterocycles. The van der Waals surface area contributed by atoms with Crippen molar-refractivity contribution in [3.63, 3.8) is 0 Å². The van der Waals surface area contributed by atoms with Gasteiger partial charge in [0.05, 0.1) is 27.8 Å². The molecule has 1 aliphatic heterocycles. The van der Waals surface area contributed by atoms with Gasteiger partial charge in [0.25, 0.3) is 5.56 Å². The number of halogens is 1. The smallest absolute Gasteiger partial charge is 0.372 e. The molecule has 2 fully saturated rings. The van der Waals surface area contributed by atoms with Gasteiger partial charge in [-0.2, -0.15) is 0 Å². The van der Waals surface area contributed by atoms with Crippen LogP contribution in [0.3, 0.4) is 0 Å². The van der Waals surface area contributed by atoms with Gasteiger partial charge in [0.2, 0.25) is 5.95 Å². The van der Waals surface area contributed by atoms with Crippen molar-refractivity contribution in [1.82, 2.24) is 14.1 Å². The molecule has 0 amide bonds. The Balaban J connectivity index is 1.61. The first kappa shape index (κ1) is 20.4. The van der Waals surface area contributed by atoms with Crippen LogP contribution in [0.4, 0.5) is 5.95 Å². The van der Waals surface area contributed by atoms with E-state index in [9.17, 15) is 14.4 Å². The van der Waals surface area contributed by atoms with E-state index in [-0.39, 0.29) is 5.56 Å². The van der Waals surface area contributed by atoms with Crippen LogP contribution in [-0.2, 0) is 7.05 Å². The summed E-state index contributed by atoms with van der Waals surface area (Å²) in [6.45, 7) is 3.66. The lowest BCUT2D eigenvalue weighted by molar-refractivity contribution is 0.406. The number of rotatable bonds is 3. The Kier molecular flexibility index (Phi) is 4.42. The molecule has 0 bridgehead atoms. The van der Waals surface area contributed by atoms with E-state index in [1.54, 1.807) is 41.9 Å². The summed E-state index contributed by atoms with van der Waals surface area (Å²) < 4.78 is 8.78. The summed E-state index contributed by atoms with van der Waals surface area (Å²) >= 11 is 3.51. The van der Waals surface area contributed by atoms with Gasteiger partial charge in [0, 0.05) is 30.2 Å². The highest BCUT2D eigenvalue weighted by molar-refractivity contribution is 9.10. The summed E-state index contributed by atoms with van der Waals surface area (Å²) in [6, 6.07) is 9.95. The molecule has 0 radical (unpaired) electrons. The monoisotopic (exact) mass is 508 g/mol. The van der Waals surface area contributed by atoms with Crippen molar-refractivity contribution in [2.45, 2.75) is 19.4 Å². The van der Waals surface area contributed by atoms with Gasteiger partial charge in [0.1, 0.15) is 0 Å². The lowest BCUT2D eigenvalue weighted by Gasteiger charge is -2.24. The topological polar surface area (TPSA) is 90.3 Å². The predicted octanol–water partition coefficient (Wildman–Crippen LogP) is 3.03. The van der Waals surface area contributed by atoms with E-state index in [0.717, 1.165) is 13.1 Å². The zero-order valence-electron chi connectivity index (χ0n) is 18.1. The molecule has 1 aliphatic carbocycles. The van der Waals surface area contributed by atoms with Gasteiger partial charge in [-0.15, -0.1) is 0 Å². The molecular weight excluding hydrogens is 488 g/mol. The standard InChI is InChI=1S/C24H21BrN4O4/c1-12(29-19-6-4-3-5-16(19)22(31)33-24(29)32)17-8-15(25)9-18-20(17)26-23(27(2)21(18)30)28-10-13-7-14(13)11-28/h3-6,8-9,12-14H,7,10-11H2,1-2H3. The second-order valence-electron chi connectivity index (χ2n) is 9.05. The SMILES string of the molecule is CC(c1cc(Br)cc2c(=O)n(C)c(N3CC4CC4C3)nc12)n1c(=O)oc(=O)c2ccccc21. The molecular formula is C24H21BrN4O4. The van der Waals surface area contributed by atoms with E-state index in [1.165, 1.54) is 11.0 Å². The first-order chi connectivity index (χ1) is 15.8. The van der Waals surface area contributed by atoms with Gasteiger partial charge < -0.3 is 9.32 Å². The van der Waals surface area contributed by atoms with Crippen molar-refractivity contribution in [1.29, 1.82) is 0 Å². The van der Waals surface area contributed by atoms with Crippen LogP contribution in [0.5, 0.6) is 0 Å². The summed E-state index contributed by atoms with van der Waals surface area (Å²) in [7, 11) is 1.75. The third-order valence-electron chi connectivity index (χ3n) is 7.01. The zero-order valence-corrected chi connectivity index (χ0v) is 19.7.